The van der Waals surface area contributed by atoms with Crippen LogP contribution in [0.1, 0.15) is 31.3 Å². The molecule has 3 rings (SSSR count). The summed E-state index contributed by atoms with van der Waals surface area (Å²) in [6.45, 7) is 9.95. The number of piperazine rings is 1. The van der Waals surface area contributed by atoms with Gasteiger partial charge in [0.15, 0.2) is 0 Å². The number of carbonyl (C=O) groups excluding carboxylic acids is 1. The van der Waals surface area contributed by atoms with Gasteiger partial charge in [0.25, 0.3) is 0 Å². The van der Waals surface area contributed by atoms with Gasteiger partial charge in [-0.15, -0.1) is 0 Å². The molecule has 0 unspecified atom stereocenters. The molecule has 0 spiro atoms. The topological polar surface area (TPSA) is 41.4 Å². The summed E-state index contributed by atoms with van der Waals surface area (Å²) in [5, 5.41) is 0. The first-order chi connectivity index (χ1) is 11.0. The van der Waals surface area contributed by atoms with E-state index in [2.05, 4.69) is 53.5 Å². The first-order valence-electron chi connectivity index (χ1n) is 8.39. The molecule has 0 bridgehead atoms. The number of aryl methyl sites for hydroxylation is 1. The van der Waals surface area contributed by atoms with Crippen molar-refractivity contribution in [2.45, 2.75) is 33.2 Å². The van der Waals surface area contributed by atoms with Crippen LogP contribution in [-0.2, 0) is 11.2 Å². The van der Waals surface area contributed by atoms with E-state index in [4.69, 9.17) is 0 Å². The Morgan fingerprint density at radius 3 is 2.57 bits per heavy atom. The molecule has 1 aromatic carbocycles. The summed E-state index contributed by atoms with van der Waals surface area (Å²) in [6.07, 6.45) is 0.466. The first kappa shape index (κ1) is 16.0. The smallest absolute Gasteiger partial charge is 0.227 e. The summed E-state index contributed by atoms with van der Waals surface area (Å²) in [6, 6.07) is 6.62. The summed E-state index contributed by atoms with van der Waals surface area (Å²) in [4.78, 5) is 21.4. The number of fused-ring (bicyclic) bond motifs is 1. The Labute approximate surface area is 137 Å². The van der Waals surface area contributed by atoms with E-state index in [0.29, 0.717) is 12.5 Å². The zero-order valence-corrected chi connectivity index (χ0v) is 14.5. The zero-order chi connectivity index (χ0) is 16.6. The Kier molecular flexibility index (Phi) is 4.39. The molecular formula is C18H26N4O. The van der Waals surface area contributed by atoms with Gasteiger partial charge in [-0.25, -0.2) is 4.98 Å². The molecule has 1 saturated heterocycles. The highest BCUT2D eigenvalue weighted by Gasteiger charge is 2.19. The summed E-state index contributed by atoms with van der Waals surface area (Å²) < 4.78 is 2.24. The molecule has 0 N–H and O–H groups in total. The van der Waals surface area contributed by atoms with Gasteiger partial charge in [-0.05, 0) is 45.5 Å². The van der Waals surface area contributed by atoms with E-state index in [1.165, 1.54) is 0 Å². The van der Waals surface area contributed by atoms with Crippen molar-refractivity contribution < 1.29 is 4.79 Å². The lowest BCUT2D eigenvalue weighted by Crippen LogP contribution is -2.47. The predicted molar refractivity (Wildman–Crippen MR) is 92.6 cm³/mol. The van der Waals surface area contributed by atoms with Crippen molar-refractivity contribution in [2.75, 3.05) is 33.2 Å². The molecule has 5 nitrogen and oxygen atoms in total. The Morgan fingerprint density at radius 2 is 1.91 bits per heavy atom. The number of hydrogen-bond acceptors (Lipinski definition) is 3. The number of amides is 1. The minimum atomic E-state index is 0.220. The van der Waals surface area contributed by atoms with E-state index in [1.54, 1.807) is 0 Å². The monoisotopic (exact) mass is 314 g/mol. The predicted octanol–water partition coefficient (Wildman–Crippen LogP) is 2.24. The fourth-order valence-electron chi connectivity index (χ4n) is 3.37. The van der Waals surface area contributed by atoms with Crippen LogP contribution < -0.4 is 0 Å². The van der Waals surface area contributed by atoms with Crippen LogP contribution in [0, 0.1) is 6.92 Å². The van der Waals surface area contributed by atoms with Gasteiger partial charge in [0.2, 0.25) is 5.91 Å². The molecule has 1 aliphatic rings. The van der Waals surface area contributed by atoms with Crippen molar-refractivity contribution >= 4 is 16.9 Å². The van der Waals surface area contributed by atoms with Gasteiger partial charge in [0.05, 0.1) is 17.5 Å². The van der Waals surface area contributed by atoms with E-state index >= 15 is 0 Å². The normalized spacial score (nSPS) is 16.5. The molecule has 0 atom stereocenters. The third kappa shape index (κ3) is 3.24. The van der Waals surface area contributed by atoms with E-state index in [1.807, 2.05) is 11.8 Å². The van der Waals surface area contributed by atoms with Gasteiger partial charge in [0, 0.05) is 32.2 Å². The molecule has 0 aliphatic carbocycles. The van der Waals surface area contributed by atoms with Crippen molar-refractivity contribution in [3.05, 3.63) is 29.6 Å². The molecular weight excluding hydrogens is 288 g/mol. The molecule has 1 aliphatic heterocycles. The lowest BCUT2D eigenvalue weighted by atomic mass is 10.1. The number of likely N-dealkylation sites (N-methyl/N-ethyl adjacent to an activating group) is 1. The SMILES string of the molecule is Cc1nc2cc(CC(=O)N3CCN(C)CC3)ccc2n1C(C)C. The van der Waals surface area contributed by atoms with Crippen molar-refractivity contribution in [3.63, 3.8) is 0 Å². The van der Waals surface area contributed by atoms with Crippen molar-refractivity contribution in [1.29, 1.82) is 0 Å². The average molecular weight is 314 g/mol. The molecule has 1 amide bonds. The maximum Gasteiger partial charge on any atom is 0.227 e. The molecule has 2 heterocycles. The fourth-order valence-corrected chi connectivity index (χ4v) is 3.37. The number of hydrogen-bond donors (Lipinski definition) is 0. The maximum atomic E-state index is 12.5. The standard InChI is InChI=1S/C18H26N4O/c1-13(2)22-14(3)19-16-11-15(5-6-17(16)22)12-18(23)21-9-7-20(4)8-10-21/h5-6,11,13H,7-10,12H2,1-4H3. The highest BCUT2D eigenvalue weighted by molar-refractivity contribution is 5.82. The van der Waals surface area contributed by atoms with Gasteiger partial charge in [-0.3, -0.25) is 4.79 Å². The fraction of sp³-hybridized carbons (Fsp3) is 0.556. The van der Waals surface area contributed by atoms with Crippen LogP contribution in [0.4, 0.5) is 0 Å². The molecule has 23 heavy (non-hydrogen) atoms. The van der Waals surface area contributed by atoms with Crippen molar-refractivity contribution in [1.82, 2.24) is 19.4 Å². The van der Waals surface area contributed by atoms with Crippen LogP contribution in [0.3, 0.4) is 0 Å². The first-order valence-corrected chi connectivity index (χ1v) is 8.39. The van der Waals surface area contributed by atoms with Crippen LogP contribution in [0.15, 0.2) is 18.2 Å². The molecule has 5 heteroatoms. The van der Waals surface area contributed by atoms with Crippen LogP contribution >= 0.6 is 0 Å². The van der Waals surface area contributed by atoms with Gasteiger partial charge < -0.3 is 14.4 Å². The summed E-state index contributed by atoms with van der Waals surface area (Å²) >= 11 is 0. The highest BCUT2D eigenvalue weighted by atomic mass is 16.2. The lowest BCUT2D eigenvalue weighted by Gasteiger charge is -2.32. The van der Waals surface area contributed by atoms with Crippen molar-refractivity contribution in [3.8, 4) is 0 Å². The second-order valence-corrected chi connectivity index (χ2v) is 6.81. The Balaban J connectivity index is 1.77. The van der Waals surface area contributed by atoms with Gasteiger partial charge in [-0.1, -0.05) is 6.07 Å². The number of nitrogens with zero attached hydrogens (tertiary/aromatic N) is 4. The van der Waals surface area contributed by atoms with Crippen LogP contribution in [-0.4, -0.2) is 58.5 Å². The molecule has 1 aromatic heterocycles. The third-order valence-corrected chi connectivity index (χ3v) is 4.66. The number of aromatic nitrogens is 2. The number of rotatable bonds is 3. The number of imidazole rings is 1. The van der Waals surface area contributed by atoms with E-state index in [0.717, 1.165) is 48.6 Å². The van der Waals surface area contributed by atoms with E-state index in [-0.39, 0.29) is 5.91 Å². The van der Waals surface area contributed by atoms with Crippen LogP contribution in [0.5, 0.6) is 0 Å². The Hall–Kier alpha value is -1.88. The molecule has 1 fully saturated rings. The summed E-state index contributed by atoms with van der Waals surface area (Å²) in [7, 11) is 2.10. The lowest BCUT2D eigenvalue weighted by molar-refractivity contribution is -0.132. The minimum Gasteiger partial charge on any atom is -0.340 e. The van der Waals surface area contributed by atoms with Crippen LogP contribution in [0.2, 0.25) is 0 Å². The molecule has 2 aromatic rings. The second-order valence-electron chi connectivity index (χ2n) is 6.81. The Bertz CT molecular complexity index is 711. The number of carbonyl (C=O) groups is 1. The number of benzene rings is 1. The van der Waals surface area contributed by atoms with Gasteiger partial charge in [0.1, 0.15) is 5.82 Å². The maximum absolute atomic E-state index is 12.5. The van der Waals surface area contributed by atoms with E-state index < -0.39 is 0 Å². The summed E-state index contributed by atoms with van der Waals surface area (Å²) in [5.41, 5.74) is 3.18. The van der Waals surface area contributed by atoms with Crippen molar-refractivity contribution in [2.24, 2.45) is 0 Å². The Morgan fingerprint density at radius 1 is 1.22 bits per heavy atom. The van der Waals surface area contributed by atoms with Gasteiger partial charge in [-0.2, -0.15) is 0 Å². The molecule has 0 radical (unpaired) electrons. The minimum absolute atomic E-state index is 0.220. The quantitative estimate of drug-likeness (QED) is 0.872. The third-order valence-electron chi connectivity index (χ3n) is 4.66. The molecule has 124 valence electrons. The zero-order valence-electron chi connectivity index (χ0n) is 14.5. The summed E-state index contributed by atoms with van der Waals surface area (Å²) in [5.74, 6) is 1.25. The van der Waals surface area contributed by atoms with Crippen LogP contribution in [0.25, 0.3) is 11.0 Å². The average Bonchev–Trinajstić information content (AvgIpc) is 2.83. The van der Waals surface area contributed by atoms with E-state index in [9.17, 15) is 4.79 Å². The highest BCUT2D eigenvalue weighted by Crippen LogP contribution is 2.22. The second kappa shape index (κ2) is 6.32. The molecule has 0 saturated carbocycles. The largest absolute Gasteiger partial charge is 0.340 e. The van der Waals surface area contributed by atoms with Gasteiger partial charge >= 0.3 is 0 Å².